The van der Waals surface area contributed by atoms with E-state index in [0.717, 1.165) is 23.2 Å². The monoisotopic (exact) mass is 370 g/mol. The Hall–Kier alpha value is -3.12. The van der Waals surface area contributed by atoms with Gasteiger partial charge in [0, 0.05) is 22.6 Å². The quantitative estimate of drug-likeness (QED) is 0.451. The summed E-state index contributed by atoms with van der Waals surface area (Å²) in [5.41, 5.74) is 6.12. The SMILES string of the molecule is [O-]N(O)c1ccc(C2NC(c3ccccc3)Cc3c2[nH]c2ccccc32)cc1. The van der Waals surface area contributed by atoms with Gasteiger partial charge in [0.05, 0.1) is 11.7 Å². The maximum absolute atomic E-state index is 11.1. The molecule has 0 saturated heterocycles. The molecular weight excluding hydrogens is 350 g/mol. The molecule has 5 nitrogen and oxygen atoms in total. The van der Waals surface area contributed by atoms with Crippen LogP contribution in [-0.2, 0) is 6.42 Å². The van der Waals surface area contributed by atoms with E-state index in [9.17, 15) is 5.21 Å². The Morgan fingerprint density at radius 3 is 2.32 bits per heavy atom. The largest absolute Gasteiger partial charge is 0.733 e. The minimum atomic E-state index is -0.112. The molecule has 1 aliphatic rings. The van der Waals surface area contributed by atoms with E-state index in [1.54, 1.807) is 12.1 Å². The third-order valence-electron chi connectivity index (χ3n) is 5.56. The minimum Gasteiger partial charge on any atom is -0.733 e. The van der Waals surface area contributed by atoms with Crippen LogP contribution in [0.2, 0.25) is 0 Å². The molecule has 0 fully saturated rings. The van der Waals surface area contributed by atoms with E-state index >= 15 is 0 Å². The summed E-state index contributed by atoms with van der Waals surface area (Å²) in [4.78, 5) is 3.59. The van der Waals surface area contributed by atoms with Crippen LogP contribution in [-0.4, -0.2) is 10.2 Å². The van der Waals surface area contributed by atoms with Crippen molar-refractivity contribution in [2.45, 2.75) is 18.5 Å². The summed E-state index contributed by atoms with van der Waals surface area (Å²) in [6, 6.07) is 26.0. The van der Waals surface area contributed by atoms with E-state index in [1.165, 1.54) is 16.5 Å². The fourth-order valence-corrected chi connectivity index (χ4v) is 4.19. The number of fused-ring (bicyclic) bond motifs is 3. The molecule has 0 saturated carbocycles. The highest BCUT2D eigenvalue weighted by Gasteiger charge is 2.31. The smallest absolute Gasteiger partial charge is 0.0737 e. The van der Waals surface area contributed by atoms with Crippen LogP contribution >= 0.6 is 0 Å². The molecule has 0 spiro atoms. The van der Waals surface area contributed by atoms with Crippen LogP contribution in [0.1, 0.15) is 34.5 Å². The molecule has 1 aliphatic heterocycles. The summed E-state index contributed by atoms with van der Waals surface area (Å²) in [5, 5.41) is 25.2. The fourth-order valence-electron chi connectivity index (χ4n) is 4.19. The molecule has 3 aromatic carbocycles. The van der Waals surface area contributed by atoms with Crippen molar-refractivity contribution in [2.75, 3.05) is 5.23 Å². The first-order chi connectivity index (χ1) is 13.7. The maximum atomic E-state index is 11.1. The molecule has 5 heteroatoms. The van der Waals surface area contributed by atoms with Gasteiger partial charge in [0.25, 0.3) is 0 Å². The maximum Gasteiger partial charge on any atom is 0.0737 e. The highest BCUT2D eigenvalue weighted by atomic mass is 16.8. The van der Waals surface area contributed by atoms with Gasteiger partial charge in [0.2, 0.25) is 0 Å². The van der Waals surface area contributed by atoms with E-state index in [1.807, 2.05) is 24.3 Å². The molecule has 0 amide bonds. The lowest BCUT2D eigenvalue weighted by molar-refractivity contribution is 0.296. The van der Waals surface area contributed by atoms with Crippen LogP contribution in [0.25, 0.3) is 10.9 Å². The number of hydrogen-bond donors (Lipinski definition) is 3. The zero-order valence-electron chi connectivity index (χ0n) is 15.2. The number of benzene rings is 3. The lowest BCUT2D eigenvalue weighted by atomic mass is 9.87. The predicted octanol–water partition coefficient (Wildman–Crippen LogP) is 4.84. The van der Waals surface area contributed by atoms with Crippen LogP contribution in [0.4, 0.5) is 5.69 Å². The van der Waals surface area contributed by atoms with E-state index in [4.69, 9.17) is 5.21 Å². The molecule has 1 aromatic heterocycles. The highest BCUT2D eigenvalue weighted by Crippen LogP contribution is 2.39. The van der Waals surface area contributed by atoms with E-state index in [2.05, 4.69) is 52.8 Å². The Bertz CT molecular complexity index is 1100. The van der Waals surface area contributed by atoms with E-state index in [0.29, 0.717) is 0 Å². The molecule has 2 unspecified atom stereocenters. The molecule has 0 bridgehead atoms. The molecule has 0 aliphatic carbocycles. The summed E-state index contributed by atoms with van der Waals surface area (Å²) in [6.07, 6.45) is 0.906. The van der Waals surface area contributed by atoms with Crippen molar-refractivity contribution in [1.29, 1.82) is 0 Å². The lowest BCUT2D eigenvalue weighted by Gasteiger charge is -2.32. The zero-order chi connectivity index (χ0) is 19.1. The van der Waals surface area contributed by atoms with Gasteiger partial charge >= 0.3 is 0 Å². The normalized spacial score (nSPS) is 18.8. The van der Waals surface area contributed by atoms with Crippen molar-refractivity contribution in [1.82, 2.24) is 10.3 Å². The summed E-state index contributed by atoms with van der Waals surface area (Å²) >= 11 is 0. The average molecular weight is 370 g/mol. The molecular formula is C23H20N3O2-. The number of H-pyrrole nitrogens is 1. The van der Waals surface area contributed by atoms with Crippen molar-refractivity contribution in [3.63, 3.8) is 0 Å². The molecule has 140 valence electrons. The molecule has 2 heterocycles. The van der Waals surface area contributed by atoms with Crippen molar-refractivity contribution in [2.24, 2.45) is 0 Å². The Morgan fingerprint density at radius 1 is 0.857 bits per heavy atom. The summed E-state index contributed by atoms with van der Waals surface area (Å²) in [7, 11) is 0. The third kappa shape index (κ3) is 2.86. The summed E-state index contributed by atoms with van der Waals surface area (Å²) in [6.45, 7) is 0. The number of hydrogen-bond acceptors (Lipinski definition) is 4. The number of nitrogens with one attached hydrogen (secondary N) is 2. The van der Waals surface area contributed by atoms with Crippen LogP contribution < -0.4 is 10.5 Å². The fraction of sp³-hybridized carbons (Fsp3) is 0.130. The third-order valence-corrected chi connectivity index (χ3v) is 5.56. The highest BCUT2D eigenvalue weighted by molar-refractivity contribution is 5.85. The number of rotatable bonds is 3. The number of aromatic nitrogens is 1. The van der Waals surface area contributed by atoms with Crippen LogP contribution in [0.15, 0.2) is 78.9 Å². The Morgan fingerprint density at radius 2 is 1.57 bits per heavy atom. The van der Waals surface area contributed by atoms with Gasteiger partial charge in [0.1, 0.15) is 0 Å². The number of anilines is 1. The van der Waals surface area contributed by atoms with Gasteiger partial charge in [-0.2, -0.15) is 0 Å². The van der Waals surface area contributed by atoms with Crippen LogP contribution in [0.5, 0.6) is 0 Å². The van der Waals surface area contributed by atoms with Crippen molar-refractivity contribution >= 4 is 16.6 Å². The molecule has 3 N–H and O–H groups in total. The van der Waals surface area contributed by atoms with Gasteiger partial charge in [-0.1, -0.05) is 60.7 Å². The summed E-state index contributed by atoms with van der Waals surface area (Å²) < 4.78 is 0. The first-order valence-electron chi connectivity index (χ1n) is 9.37. The zero-order valence-corrected chi connectivity index (χ0v) is 15.2. The second-order valence-electron chi connectivity index (χ2n) is 7.19. The van der Waals surface area contributed by atoms with Gasteiger partial charge < -0.3 is 15.4 Å². The first kappa shape index (κ1) is 17.0. The minimum absolute atomic E-state index is 0.0331. The molecule has 0 radical (unpaired) electrons. The lowest BCUT2D eigenvalue weighted by Crippen LogP contribution is -2.34. The van der Waals surface area contributed by atoms with Gasteiger partial charge in [-0.05, 0) is 41.3 Å². The number of para-hydroxylation sites is 1. The first-order valence-corrected chi connectivity index (χ1v) is 9.37. The second kappa shape index (κ2) is 6.80. The van der Waals surface area contributed by atoms with Gasteiger partial charge in [-0.15, -0.1) is 0 Å². The number of aromatic amines is 1. The van der Waals surface area contributed by atoms with E-state index in [-0.39, 0.29) is 23.0 Å². The second-order valence-corrected chi connectivity index (χ2v) is 7.19. The predicted molar refractivity (Wildman–Crippen MR) is 110 cm³/mol. The van der Waals surface area contributed by atoms with Crippen molar-refractivity contribution < 1.29 is 5.21 Å². The molecule has 2 atom stereocenters. The number of nitrogens with zero attached hydrogens (tertiary/aromatic N) is 1. The van der Waals surface area contributed by atoms with E-state index < -0.39 is 0 Å². The topological polar surface area (TPSA) is 74.3 Å². The Kier molecular flexibility index (Phi) is 4.13. The van der Waals surface area contributed by atoms with Gasteiger partial charge in [0.15, 0.2) is 0 Å². The molecule has 28 heavy (non-hydrogen) atoms. The van der Waals surface area contributed by atoms with Gasteiger partial charge in [-0.3, -0.25) is 10.5 Å². The van der Waals surface area contributed by atoms with Gasteiger partial charge in [-0.25, -0.2) is 0 Å². The van der Waals surface area contributed by atoms with Crippen LogP contribution in [0, 0.1) is 5.21 Å². The van der Waals surface area contributed by atoms with Crippen molar-refractivity contribution in [3.05, 3.63) is 106 Å². The average Bonchev–Trinajstić information content (AvgIpc) is 3.12. The standard InChI is InChI=1S/C23H20N3O2/c27-26(28)17-12-10-16(11-13-17)22-23-19(18-8-4-5-9-20(18)24-23)14-21(25-22)15-6-2-1-3-7-15/h1-13,21-22,24-25,27H,14H2/q-1. The molecule has 4 aromatic rings. The van der Waals surface area contributed by atoms with Crippen LogP contribution in [0.3, 0.4) is 0 Å². The Labute approximate surface area is 162 Å². The summed E-state index contributed by atoms with van der Waals surface area (Å²) in [5.74, 6) is 0. The van der Waals surface area contributed by atoms with Crippen molar-refractivity contribution in [3.8, 4) is 0 Å². The Balaban J connectivity index is 1.63. The molecule has 5 rings (SSSR count).